The van der Waals surface area contributed by atoms with Crippen LogP contribution in [0.5, 0.6) is 0 Å². The first kappa shape index (κ1) is 14.9. The fraction of sp³-hybridized carbons (Fsp3) is 0.417. The van der Waals surface area contributed by atoms with Gasteiger partial charge < -0.3 is 5.11 Å². The Kier molecular flexibility index (Phi) is 5.07. The maximum atomic E-state index is 12.5. The summed E-state index contributed by atoms with van der Waals surface area (Å²) in [5, 5.41) is 8.48. The van der Waals surface area contributed by atoms with E-state index >= 15 is 0 Å². The van der Waals surface area contributed by atoms with Gasteiger partial charge in [0.2, 0.25) is 0 Å². The van der Waals surface area contributed by atoms with E-state index in [2.05, 4.69) is 0 Å². The molecule has 0 aliphatic heterocycles. The summed E-state index contributed by atoms with van der Waals surface area (Å²) < 4.78 is 37.4. The van der Waals surface area contributed by atoms with Crippen molar-refractivity contribution >= 4 is 17.7 Å². The molecule has 0 saturated heterocycles. The number of carboxylic acid groups (broad SMARTS) is 1. The third-order valence-electron chi connectivity index (χ3n) is 2.26. The Balaban J connectivity index is 2.65. The van der Waals surface area contributed by atoms with E-state index in [0.717, 1.165) is 12.1 Å². The quantitative estimate of drug-likeness (QED) is 0.825. The summed E-state index contributed by atoms with van der Waals surface area (Å²) in [6, 6.07) is 5.06. The third kappa shape index (κ3) is 5.00. The summed E-state index contributed by atoms with van der Waals surface area (Å²) in [6.07, 6.45) is -3.90. The van der Waals surface area contributed by atoms with Gasteiger partial charge in [-0.25, -0.2) is 0 Å². The summed E-state index contributed by atoms with van der Waals surface area (Å²) in [5.41, 5.74) is -0.682. The molecule has 0 fully saturated rings. The van der Waals surface area contributed by atoms with Crippen LogP contribution in [0.3, 0.4) is 0 Å². The van der Waals surface area contributed by atoms with Gasteiger partial charge in [-0.15, -0.1) is 11.8 Å². The van der Waals surface area contributed by atoms with Gasteiger partial charge in [0.1, 0.15) is 0 Å². The van der Waals surface area contributed by atoms with Gasteiger partial charge >= 0.3 is 12.1 Å². The summed E-state index contributed by atoms with van der Waals surface area (Å²) >= 11 is 1.25. The zero-order chi connectivity index (χ0) is 13.8. The molecule has 0 saturated carbocycles. The number of thioether (sulfide) groups is 1. The van der Waals surface area contributed by atoms with Crippen LogP contribution in [0.1, 0.15) is 25.3 Å². The molecule has 0 aliphatic carbocycles. The van der Waals surface area contributed by atoms with Gasteiger partial charge in [0, 0.05) is 16.6 Å². The molecule has 100 valence electrons. The molecule has 0 aliphatic rings. The van der Waals surface area contributed by atoms with Gasteiger partial charge in [-0.3, -0.25) is 4.79 Å². The first-order chi connectivity index (χ1) is 8.29. The number of hydrogen-bond acceptors (Lipinski definition) is 2. The highest BCUT2D eigenvalue weighted by atomic mass is 32.2. The van der Waals surface area contributed by atoms with Crippen LogP contribution >= 0.6 is 11.8 Å². The van der Waals surface area contributed by atoms with E-state index in [9.17, 15) is 18.0 Å². The summed E-state index contributed by atoms with van der Waals surface area (Å²) in [5.74, 6) is -0.897. The molecule has 1 aromatic rings. The molecule has 2 nitrogen and oxygen atoms in total. The Bertz CT molecular complexity index is 418. The van der Waals surface area contributed by atoms with Crippen molar-refractivity contribution in [2.75, 3.05) is 0 Å². The van der Waals surface area contributed by atoms with Crippen LogP contribution in [-0.2, 0) is 11.0 Å². The lowest BCUT2D eigenvalue weighted by atomic mass is 10.2. The Morgan fingerprint density at radius 2 is 2.11 bits per heavy atom. The molecule has 1 N–H and O–H groups in total. The second kappa shape index (κ2) is 6.13. The summed E-state index contributed by atoms with van der Waals surface area (Å²) in [7, 11) is 0. The number of carboxylic acids is 1. The van der Waals surface area contributed by atoms with Gasteiger partial charge in [0.05, 0.1) is 5.56 Å². The second-order valence-corrected chi connectivity index (χ2v) is 5.40. The highest BCUT2D eigenvalue weighted by molar-refractivity contribution is 7.99. The lowest BCUT2D eigenvalue weighted by Crippen LogP contribution is -2.05. The van der Waals surface area contributed by atoms with Crippen LogP contribution in [0.15, 0.2) is 29.2 Å². The van der Waals surface area contributed by atoms with E-state index in [-0.39, 0.29) is 11.7 Å². The number of hydrogen-bond donors (Lipinski definition) is 1. The van der Waals surface area contributed by atoms with E-state index in [4.69, 9.17) is 5.11 Å². The molecule has 1 atom stereocenters. The Morgan fingerprint density at radius 3 is 2.67 bits per heavy atom. The van der Waals surface area contributed by atoms with Gasteiger partial charge in [-0.05, 0) is 24.6 Å². The maximum Gasteiger partial charge on any atom is 0.416 e. The van der Waals surface area contributed by atoms with Crippen molar-refractivity contribution in [1.82, 2.24) is 0 Å². The van der Waals surface area contributed by atoms with Crippen LogP contribution in [0.4, 0.5) is 13.2 Å². The number of aliphatic carboxylic acids is 1. The summed E-state index contributed by atoms with van der Waals surface area (Å²) in [4.78, 5) is 10.9. The Labute approximate surface area is 107 Å². The van der Waals surface area contributed by atoms with Crippen molar-refractivity contribution in [2.45, 2.75) is 36.1 Å². The number of alkyl halides is 3. The molecule has 1 rings (SSSR count). The molecule has 0 aromatic heterocycles. The minimum atomic E-state index is -4.35. The van der Waals surface area contributed by atoms with E-state index in [1.165, 1.54) is 17.8 Å². The first-order valence-electron chi connectivity index (χ1n) is 5.35. The Morgan fingerprint density at radius 1 is 1.44 bits per heavy atom. The first-order valence-corrected chi connectivity index (χ1v) is 6.22. The minimum absolute atomic E-state index is 0.0210. The molecular formula is C12H13F3O2S. The lowest BCUT2D eigenvalue weighted by molar-refractivity contribution is -0.138. The average molecular weight is 278 g/mol. The smallest absolute Gasteiger partial charge is 0.416 e. The van der Waals surface area contributed by atoms with Crippen molar-refractivity contribution in [3.8, 4) is 0 Å². The average Bonchev–Trinajstić information content (AvgIpc) is 2.25. The predicted molar refractivity (Wildman–Crippen MR) is 63.6 cm³/mol. The molecule has 18 heavy (non-hydrogen) atoms. The SMILES string of the molecule is CC(CCC(=O)O)Sc1cccc(C(F)(F)F)c1. The lowest BCUT2D eigenvalue weighted by Gasteiger charge is -2.12. The topological polar surface area (TPSA) is 37.3 Å². The van der Waals surface area contributed by atoms with Crippen molar-refractivity contribution < 1.29 is 23.1 Å². The molecule has 6 heteroatoms. The molecule has 0 bridgehead atoms. The standard InChI is InChI=1S/C12H13F3O2S/c1-8(5-6-11(16)17)18-10-4-2-3-9(7-10)12(13,14)15/h2-4,7-8H,5-6H2,1H3,(H,16,17). The summed E-state index contributed by atoms with van der Waals surface area (Å²) in [6.45, 7) is 1.80. The van der Waals surface area contributed by atoms with Gasteiger partial charge in [-0.2, -0.15) is 13.2 Å². The molecule has 0 spiro atoms. The third-order valence-corrected chi connectivity index (χ3v) is 3.43. The zero-order valence-corrected chi connectivity index (χ0v) is 10.5. The number of benzene rings is 1. The number of halogens is 3. The van der Waals surface area contributed by atoms with Crippen LogP contribution in [0.25, 0.3) is 0 Å². The number of rotatable bonds is 5. The largest absolute Gasteiger partial charge is 0.481 e. The normalized spacial score (nSPS) is 13.3. The van der Waals surface area contributed by atoms with Crippen LogP contribution in [-0.4, -0.2) is 16.3 Å². The Hall–Kier alpha value is -1.17. The van der Waals surface area contributed by atoms with E-state index in [1.807, 2.05) is 0 Å². The molecule has 0 radical (unpaired) electrons. The fourth-order valence-corrected chi connectivity index (χ4v) is 2.42. The van der Waals surface area contributed by atoms with E-state index in [0.29, 0.717) is 11.3 Å². The predicted octanol–water partition coefficient (Wildman–Crippen LogP) is 4.05. The van der Waals surface area contributed by atoms with Crippen LogP contribution < -0.4 is 0 Å². The minimum Gasteiger partial charge on any atom is -0.481 e. The molecule has 0 amide bonds. The maximum absolute atomic E-state index is 12.5. The van der Waals surface area contributed by atoms with Gasteiger partial charge in [0.15, 0.2) is 0 Å². The molecule has 1 aromatic carbocycles. The molecule has 1 unspecified atom stereocenters. The van der Waals surface area contributed by atoms with Crippen molar-refractivity contribution in [2.24, 2.45) is 0 Å². The van der Waals surface area contributed by atoms with Gasteiger partial charge in [-0.1, -0.05) is 13.0 Å². The fourth-order valence-electron chi connectivity index (χ4n) is 1.36. The number of carbonyl (C=O) groups is 1. The highest BCUT2D eigenvalue weighted by Gasteiger charge is 2.30. The van der Waals surface area contributed by atoms with Gasteiger partial charge in [0.25, 0.3) is 0 Å². The van der Waals surface area contributed by atoms with Crippen molar-refractivity contribution in [3.05, 3.63) is 29.8 Å². The second-order valence-electron chi connectivity index (χ2n) is 3.89. The molecule has 0 heterocycles. The van der Waals surface area contributed by atoms with Crippen LogP contribution in [0.2, 0.25) is 0 Å². The van der Waals surface area contributed by atoms with Crippen molar-refractivity contribution in [3.63, 3.8) is 0 Å². The van der Waals surface area contributed by atoms with Crippen molar-refractivity contribution in [1.29, 1.82) is 0 Å². The molecular weight excluding hydrogens is 265 g/mol. The zero-order valence-electron chi connectivity index (χ0n) is 9.70. The van der Waals surface area contributed by atoms with Crippen LogP contribution in [0, 0.1) is 0 Å². The van der Waals surface area contributed by atoms with E-state index in [1.54, 1.807) is 13.0 Å². The monoisotopic (exact) mass is 278 g/mol. The highest BCUT2D eigenvalue weighted by Crippen LogP contribution is 2.33. The van der Waals surface area contributed by atoms with E-state index < -0.39 is 17.7 Å².